The fourth-order valence-electron chi connectivity index (χ4n) is 2.48. The minimum atomic E-state index is -0.938. The van der Waals surface area contributed by atoms with Crippen LogP contribution in [0.4, 0.5) is 0 Å². The predicted molar refractivity (Wildman–Crippen MR) is 84.4 cm³/mol. The Hall–Kier alpha value is -2.76. The van der Waals surface area contributed by atoms with Crippen LogP contribution in [0.1, 0.15) is 17.0 Å². The van der Waals surface area contributed by atoms with Crippen LogP contribution in [-0.4, -0.2) is 37.4 Å². The number of carboxylic acids is 1. The first kappa shape index (κ1) is 16.6. The van der Waals surface area contributed by atoms with Gasteiger partial charge in [0.15, 0.2) is 11.5 Å². The van der Waals surface area contributed by atoms with E-state index in [9.17, 15) is 9.90 Å². The van der Waals surface area contributed by atoms with Crippen LogP contribution < -0.4 is 14.2 Å². The van der Waals surface area contributed by atoms with Crippen LogP contribution in [0.5, 0.6) is 17.2 Å². The van der Waals surface area contributed by atoms with Crippen LogP contribution in [0.25, 0.3) is 0 Å². The Kier molecular flexibility index (Phi) is 5.41. The van der Waals surface area contributed by atoms with E-state index >= 15 is 0 Å². The first-order valence-corrected chi connectivity index (χ1v) is 7.03. The van der Waals surface area contributed by atoms with E-state index in [4.69, 9.17) is 14.2 Å². The lowest BCUT2D eigenvalue weighted by molar-refractivity contribution is -0.138. The van der Waals surface area contributed by atoms with Crippen molar-refractivity contribution in [1.29, 1.82) is 0 Å². The zero-order valence-corrected chi connectivity index (χ0v) is 13.3. The van der Waals surface area contributed by atoms with E-state index in [1.807, 2.05) is 0 Å². The molecule has 2 aromatic rings. The zero-order valence-electron chi connectivity index (χ0n) is 13.3. The van der Waals surface area contributed by atoms with Crippen molar-refractivity contribution in [2.75, 3.05) is 21.3 Å². The molecule has 23 heavy (non-hydrogen) atoms. The summed E-state index contributed by atoms with van der Waals surface area (Å²) >= 11 is 0. The van der Waals surface area contributed by atoms with Crippen molar-refractivity contribution >= 4 is 5.97 Å². The van der Waals surface area contributed by atoms with E-state index in [-0.39, 0.29) is 0 Å². The summed E-state index contributed by atoms with van der Waals surface area (Å²) in [5, 5.41) is 9.65. The van der Waals surface area contributed by atoms with Gasteiger partial charge in [-0.05, 0) is 30.2 Å². The molecule has 0 amide bonds. The van der Waals surface area contributed by atoms with Crippen LogP contribution in [0, 0.1) is 0 Å². The normalized spacial score (nSPS) is 11.6. The maximum atomic E-state index is 11.8. The third-order valence-corrected chi connectivity index (χ3v) is 3.60. The Labute approximate surface area is 134 Å². The second kappa shape index (κ2) is 7.49. The Morgan fingerprint density at radius 1 is 1.04 bits per heavy atom. The first-order chi connectivity index (χ1) is 11.1. The van der Waals surface area contributed by atoms with E-state index < -0.39 is 11.9 Å². The largest absolute Gasteiger partial charge is 0.493 e. The Bertz CT molecular complexity index is 672. The molecule has 1 aromatic carbocycles. The molecule has 1 heterocycles. The van der Waals surface area contributed by atoms with Gasteiger partial charge in [0.05, 0.1) is 27.2 Å². The smallest absolute Gasteiger partial charge is 0.311 e. The molecular formula is C17H19NO5. The highest BCUT2D eigenvalue weighted by molar-refractivity contribution is 5.79. The highest BCUT2D eigenvalue weighted by Gasteiger charge is 2.27. The number of carbonyl (C=O) groups is 1. The molecule has 2 rings (SSSR count). The minimum absolute atomic E-state index is 0.323. The predicted octanol–water partition coefficient (Wildman–Crippen LogP) is 2.52. The van der Waals surface area contributed by atoms with Crippen molar-refractivity contribution in [1.82, 2.24) is 4.98 Å². The third kappa shape index (κ3) is 3.53. The molecule has 1 unspecified atom stereocenters. The summed E-state index contributed by atoms with van der Waals surface area (Å²) in [5.74, 6) is -0.470. The number of pyridine rings is 1. The second-order valence-electron chi connectivity index (χ2n) is 4.87. The highest BCUT2D eigenvalue weighted by Crippen LogP contribution is 2.43. The average Bonchev–Trinajstić information content (AvgIpc) is 2.58. The lowest BCUT2D eigenvalue weighted by atomic mass is 9.91. The van der Waals surface area contributed by atoms with Crippen molar-refractivity contribution in [3.05, 3.63) is 47.8 Å². The standard InChI is InChI=1S/C17H19NO5/c1-21-14-5-4-12(15(22-2)16(14)23-3)13(17(19)20)10-11-6-8-18-9-7-11/h4-9,13H,10H2,1-3H3,(H,19,20). The summed E-state index contributed by atoms with van der Waals surface area (Å²) in [6.07, 6.45) is 3.60. The van der Waals surface area contributed by atoms with Crippen molar-refractivity contribution in [3.63, 3.8) is 0 Å². The van der Waals surface area contributed by atoms with Crippen LogP contribution in [0.3, 0.4) is 0 Å². The molecule has 0 aliphatic carbocycles. The van der Waals surface area contributed by atoms with E-state index in [0.29, 0.717) is 29.2 Å². The van der Waals surface area contributed by atoms with Gasteiger partial charge in [0.1, 0.15) is 0 Å². The highest BCUT2D eigenvalue weighted by atomic mass is 16.5. The number of nitrogens with zero attached hydrogens (tertiary/aromatic N) is 1. The number of hydrogen-bond acceptors (Lipinski definition) is 5. The van der Waals surface area contributed by atoms with Crippen molar-refractivity contribution in [2.45, 2.75) is 12.3 Å². The summed E-state index contributed by atoms with van der Waals surface area (Å²) in [6.45, 7) is 0. The molecule has 0 saturated carbocycles. The van der Waals surface area contributed by atoms with E-state index in [1.54, 1.807) is 36.7 Å². The lowest BCUT2D eigenvalue weighted by Crippen LogP contribution is -2.16. The number of ether oxygens (including phenoxy) is 3. The maximum absolute atomic E-state index is 11.8. The van der Waals surface area contributed by atoms with Gasteiger partial charge in [-0.2, -0.15) is 0 Å². The first-order valence-electron chi connectivity index (χ1n) is 7.03. The van der Waals surface area contributed by atoms with E-state index in [2.05, 4.69) is 4.98 Å². The summed E-state index contributed by atoms with van der Waals surface area (Å²) < 4.78 is 16.0. The molecule has 6 heteroatoms. The van der Waals surface area contributed by atoms with Crippen molar-refractivity contribution in [3.8, 4) is 17.2 Å². The molecule has 0 fully saturated rings. The van der Waals surface area contributed by atoms with Gasteiger partial charge < -0.3 is 19.3 Å². The monoisotopic (exact) mass is 317 g/mol. The summed E-state index contributed by atoms with van der Waals surface area (Å²) in [5.41, 5.74) is 1.42. The van der Waals surface area contributed by atoms with Crippen molar-refractivity contribution < 1.29 is 24.1 Å². The van der Waals surface area contributed by atoms with Gasteiger partial charge in [0, 0.05) is 18.0 Å². The average molecular weight is 317 g/mol. The third-order valence-electron chi connectivity index (χ3n) is 3.60. The van der Waals surface area contributed by atoms with Crippen molar-refractivity contribution in [2.24, 2.45) is 0 Å². The fraction of sp³-hybridized carbons (Fsp3) is 0.294. The molecule has 0 radical (unpaired) electrons. The van der Waals surface area contributed by atoms with Gasteiger partial charge in [-0.15, -0.1) is 0 Å². The van der Waals surface area contributed by atoms with Gasteiger partial charge in [0.25, 0.3) is 0 Å². The van der Waals surface area contributed by atoms with Gasteiger partial charge in [-0.3, -0.25) is 9.78 Å². The van der Waals surface area contributed by atoms with E-state index in [0.717, 1.165) is 5.56 Å². The van der Waals surface area contributed by atoms with Gasteiger partial charge in [-0.1, -0.05) is 6.07 Å². The van der Waals surface area contributed by atoms with Crippen LogP contribution >= 0.6 is 0 Å². The van der Waals surface area contributed by atoms with Gasteiger partial charge in [-0.25, -0.2) is 0 Å². The molecule has 0 saturated heterocycles. The quantitative estimate of drug-likeness (QED) is 0.845. The summed E-state index contributed by atoms with van der Waals surface area (Å²) in [6, 6.07) is 6.96. The number of rotatable bonds is 7. The molecule has 0 spiro atoms. The Morgan fingerprint density at radius 3 is 2.22 bits per heavy atom. The van der Waals surface area contributed by atoms with E-state index in [1.165, 1.54) is 21.3 Å². The number of carboxylic acid groups (broad SMARTS) is 1. The number of hydrogen-bond donors (Lipinski definition) is 1. The fourth-order valence-corrected chi connectivity index (χ4v) is 2.48. The summed E-state index contributed by atoms with van der Waals surface area (Å²) in [4.78, 5) is 15.7. The number of aromatic nitrogens is 1. The van der Waals surface area contributed by atoms with Gasteiger partial charge in [0.2, 0.25) is 5.75 Å². The minimum Gasteiger partial charge on any atom is -0.493 e. The molecule has 0 aliphatic heterocycles. The SMILES string of the molecule is COc1ccc(C(Cc2ccncc2)C(=O)O)c(OC)c1OC. The molecule has 0 bridgehead atoms. The Balaban J connectivity index is 2.49. The number of benzene rings is 1. The number of aliphatic carboxylic acids is 1. The Morgan fingerprint density at radius 2 is 1.70 bits per heavy atom. The van der Waals surface area contributed by atoms with Crippen LogP contribution in [-0.2, 0) is 11.2 Å². The molecule has 1 atom stereocenters. The molecular weight excluding hydrogens is 298 g/mol. The van der Waals surface area contributed by atoms with Crippen LogP contribution in [0.2, 0.25) is 0 Å². The van der Waals surface area contributed by atoms with Gasteiger partial charge >= 0.3 is 5.97 Å². The topological polar surface area (TPSA) is 77.9 Å². The molecule has 6 nitrogen and oxygen atoms in total. The zero-order chi connectivity index (χ0) is 16.8. The van der Waals surface area contributed by atoms with Crippen LogP contribution in [0.15, 0.2) is 36.7 Å². The molecule has 1 N–H and O–H groups in total. The molecule has 122 valence electrons. The summed E-state index contributed by atoms with van der Waals surface area (Å²) in [7, 11) is 4.48. The second-order valence-corrected chi connectivity index (χ2v) is 4.87. The lowest BCUT2D eigenvalue weighted by Gasteiger charge is -2.20. The maximum Gasteiger partial charge on any atom is 0.311 e. The molecule has 1 aromatic heterocycles. The molecule has 0 aliphatic rings. The number of methoxy groups -OCH3 is 3.